The van der Waals surface area contributed by atoms with Crippen LogP contribution in [-0.4, -0.2) is 48.2 Å². The van der Waals surface area contributed by atoms with Crippen molar-refractivity contribution in [1.29, 1.82) is 0 Å². The fourth-order valence-corrected chi connectivity index (χ4v) is 4.46. The van der Waals surface area contributed by atoms with Crippen LogP contribution in [-0.2, 0) is 16.0 Å². The summed E-state index contributed by atoms with van der Waals surface area (Å²) in [5, 5.41) is 13.5. The molecule has 0 atom stereocenters. The monoisotopic (exact) mass is 564 g/mol. The number of ether oxygens (including phenoxy) is 2. The van der Waals surface area contributed by atoms with E-state index in [9.17, 15) is 18.4 Å². The van der Waals surface area contributed by atoms with Crippen molar-refractivity contribution in [3.05, 3.63) is 69.6 Å². The van der Waals surface area contributed by atoms with Gasteiger partial charge in [-0.25, -0.2) is 18.6 Å². The second kappa shape index (κ2) is 14.0. The molecule has 0 bridgehead atoms. The number of carboxylic acid groups (broad SMARTS) is 1. The van der Waals surface area contributed by atoms with Gasteiger partial charge < -0.3 is 14.6 Å². The van der Waals surface area contributed by atoms with E-state index >= 15 is 0 Å². The van der Waals surface area contributed by atoms with Gasteiger partial charge in [-0.2, -0.15) is 0 Å². The van der Waals surface area contributed by atoms with E-state index in [1.54, 1.807) is 12.5 Å². The van der Waals surface area contributed by atoms with Crippen molar-refractivity contribution in [2.75, 3.05) is 31.5 Å². The Morgan fingerprint density at radius 3 is 2.58 bits per heavy atom. The lowest BCUT2D eigenvalue weighted by molar-refractivity contribution is -0.132. The van der Waals surface area contributed by atoms with Crippen LogP contribution in [0.2, 0.25) is 0 Å². The Balaban J connectivity index is 1.73. The summed E-state index contributed by atoms with van der Waals surface area (Å²) in [4.78, 5) is 28.1. The molecule has 1 aromatic heterocycles. The SMILES string of the molecule is COc1c(CCOCCCCCl)cccc1-c1csc(NC(=O)c2cc(F)c(/C=C(\C)C(=O)O)c(F)c2)n1. The van der Waals surface area contributed by atoms with Gasteiger partial charge in [0, 0.05) is 40.1 Å². The number of carbonyl (C=O) groups excluding carboxylic acids is 1. The van der Waals surface area contributed by atoms with Crippen LogP contribution in [0, 0.1) is 11.6 Å². The summed E-state index contributed by atoms with van der Waals surface area (Å²) in [5.41, 5.74) is 1.18. The van der Waals surface area contributed by atoms with Gasteiger partial charge in [0.15, 0.2) is 5.13 Å². The third kappa shape index (κ3) is 7.59. The molecule has 2 aromatic carbocycles. The number of nitrogens with zero attached hydrogens (tertiary/aromatic N) is 1. The van der Waals surface area contributed by atoms with Crippen LogP contribution in [0.1, 0.15) is 41.3 Å². The molecular weight excluding hydrogens is 538 g/mol. The highest BCUT2D eigenvalue weighted by Gasteiger charge is 2.18. The smallest absolute Gasteiger partial charge is 0.331 e. The number of anilines is 1. The summed E-state index contributed by atoms with van der Waals surface area (Å²) in [6.45, 7) is 2.38. The molecule has 7 nitrogen and oxygen atoms in total. The Kier molecular flexibility index (Phi) is 10.8. The van der Waals surface area contributed by atoms with E-state index in [0.717, 1.165) is 53.5 Å². The number of aromatic nitrogens is 1. The molecule has 0 aliphatic heterocycles. The molecule has 0 aliphatic carbocycles. The topological polar surface area (TPSA) is 97.8 Å². The fourth-order valence-electron chi connectivity index (χ4n) is 3.56. The van der Waals surface area contributed by atoms with Crippen LogP contribution >= 0.6 is 22.9 Å². The summed E-state index contributed by atoms with van der Waals surface area (Å²) >= 11 is 6.83. The molecule has 0 saturated heterocycles. The molecule has 2 N–H and O–H groups in total. The molecule has 38 heavy (non-hydrogen) atoms. The lowest BCUT2D eigenvalue weighted by Crippen LogP contribution is -2.13. The first-order valence-electron chi connectivity index (χ1n) is 11.7. The largest absolute Gasteiger partial charge is 0.496 e. The number of para-hydroxylation sites is 1. The van der Waals surface area contributed by atoms with Crippen molar-refractivity contribution in [2.45, 2.75) is 26.2 Å². The first-order valence-corrected chi connectivity index (χ1v) is 13.1. The van der Waals surface area contributed by atoms with Gasteiger partial charge in [0.1, 0.15) is 17.4 Å². The third-order valence-corrected chi connectivity index (χ3v) is 6.55. The number of thiazole rings is 1. The maximum Gasteiger partial charge on any atom is 0.331 e. The second-order valence-corrected chi connectivity index (χ2v) is 9.47. The molecule has 1 heterocycles. The highest BCUT2D eigenvalue weighted by Crippen LogP contribution is 2.35. The zero-order chi connectivity index (χ0) is 27.7. The number of amides is 1. The molecule has 3 rings (SSSR count). The van der Waals surface area contributed by atoms with Crippen molar-refractivity contribution < 1.29 is 33.0 Å². The highest BCUT2D eigenvalue weighted by atomic mass is 35.5. The van der Waals surface area contributed by atoms with Crippen LogP contribution in [0.15, 0.2) is 41.3 Å². The van der Waals surface area contributed by atoms with E-state index in [1.165, 1.54) is 6.92 Å². The quantitative estimate of drug-likeness (QED) is 0.141. The number of nitrogens with one attached hydrogen (secondary N) is 1. The number of alkyl halides is 1. The Hall–Kier alpha value is -3.34. The number of rotatable bonds is 13. The third-order valence-electron chi connectivity index (χ3n) is 5.53. The fraction of sp³-hybridized carbons (Fsp3) is 0.296. The first kappa shape index (κ1) is 29.2. The molecule has 1 amide bonds. The number of carbonyl (C=O) groups is 2. The van der Waals surface area contributed by atoms with E-state index in [0.29, 0.717) is 37.0 Å². The molecule has 0 unspecified atom stereocenters. The van der Waals surface area contributed by atoms with E-state index in [4.69, 9.17) is 26.2 Å². The standard InChI is InChI=1S/C27H27ClF2N2O5S/c1-16(26(34)35)12-20-21(29)13-18(14-22(20)30)25(33)32-27-31-23(15-38-27)19-7-5-6-17(24(19)36-2)8-11-37-10-4-3-9-28/h5-7,12-15H,3-4,8-11H2,1-2H3,(H,34,35)(H,31,32,33)/b16-12+. The van der Waals surface area contributed by atoms with Gasteiger partial charge in [-0.15, -0.1) is 22.9 Å². The lowest BCUT2D eigenvalue weighted by atomic mass is 10.0. The molecule has 3 aromatic rings. The average Bonchev–Trinajstić information content (AvgIpc) is 3.35. The van der Waals surface area contributed by atoms with Gasteiger partial charge in [-0.1, -0.05) is 12.1 Å². The van der Waals surface area contributed by atoms with Crippen molar-refractivity contribution >= 4 is 46.0 Å². The number of hydrogen-bond acceptors (Lipinski definition) is 6. The van der Waals surface area contributed by atoms with Gasteiger partial charge in [0.25, 0.3) is 5.91 Å². The number of carboxylic acids is 1. The summed E-state index contributed by atoms with van der Waals surface area (Å²) in [6.07, 6.45) is 3.32. The molecule has 0 spiro atoms. The Labute approximate surface area is 228 Å². The maximum absolute atomic E-state index is 14.4. The van der Waals surface area contributed by atoms with Crippen molar-refractivity contribution in [3.63, 3.8) is 0 Å². The molecule has 0 saturated carbocycles. The molecule has 202 valence electrons. The second-order valence-electron chi connectivity index (χ2n) is 8.23. The molecule has 0 aliphatic rings. The molecule has 0 radical (unpaired) electrons. The van der Waals surface area contributed by atoms with Crippen LogP contribution in [0.5, 0.6) is 5.75 Å². The van der Waals surface area contributed by atoms with Gasteiger partial charge in [0.2, 0.25) is 0 Å². The number of unbranched alkanes of at least 4 members (excludes halogenated alkanes) is 1. The summed E-state index contributed by atoms with van der Waals surface area (Å²) in [7, 11) is 1.57. The molecule has 11 heteroatoms. The predicted octanol–water partition coefficient (Wildman–Crippen LogP) is 6.42. The van der Waals surface area contributed by atoms with Crippen LogP contribution < -0.4 is 10.1 Å². The minimum Gasteiger partial charge on any atom is -0.496 e. The normalized spacial score (nSPS) is 11.4. The predicted molar refractivity (Wildman–Crippen MR) is 144 cm³/mol. The number of halogens is 3. The van der Waals surface area contributed by atoms with Crippen molar-refractivity contribution in [1.82, 2.24) is 4.98 Å². The van der Waals surface area contributed by atoms with E-state index < -0.39 is 29.1 Å². The van der Waals surface area contributed by atoms with Crippen LogP contribution in [0.3, 0.4) is 0 Å². The van der Waals surface area contributed by atoms with Gasteiger partial charge in [-0.3, -0.25) is 10.1 Å². The highest BCUT2D eigenvalue weighted by molar-refractivity contribution is 7.14. The zero-order valence-electron chi connectivity index (χ0n) is 20.9. The summed E-state index contributed by atoms with van der Waals surface area (Å²) in [5.74, 6) is -2.92. The van der Waals surface area contributed by atoms with E-state index in [1.807, 2.05) is 18.2 Å². The number of hydrogen-bond donors (Lipinski definition) is 2. The Morgan fingerprint density at radius 2 is 1.92 bits per heavy atom. The van der Waals surface area contributed by atoms with Crippen LogP contribution in [0.4, 0.5) is 13.9 Å². The first-order chi connectivity index (χ1) is 18.2. The van der Waals surface area contributed by atoms with Crippen molar-refractivity contribution in [2.24, 2.45) is 0 Å². The zero-order valence-corrected chi connectivity index (χ0v) is 22.4. The maximum atomic E-state index is 14.4. The van der Waals surface area contributed by atoms with E-state index in [2.05, 4.69) is 10.3 Å². The molecule has 0 fully saturated rings. The number of methoxy groups -OCH3 is 1. The van der Waals surface area contributed by atoms with Crippen LogP contribution in [0.25, 0.3) is 17.3 Å². The Bertz CT molecular complexity index is 1310. The lowest BCUT2D eigenvalue weighted by Gasteiger charge is -2.12. The Morgan fingerprint density at radius 1 is 1.18 bits per heavy atom. The number of aliphatic carboxylic acids is 1. The van der Waals surface area contributed by atoms with Gasteiger partial charge >= 0.3 is 5.97 Å². The minimum atomic E-state index is -1.31. The molecular formula is C27H27ClF2N2O5S. The average molecular weight is 565 g/mol. The van der Waals surface area contributed by atoms with Crippen molar-refractivity contribution in [3.8, 4) is 17.0 Å². The van der Waals surface area contributed by atoms with Gasteiger partial charge in [-0.05, 0) is 56.0 Å². The number of benzene rings is 2. The van der Waals surface area contributed by atoms with E-state index in [-0.39, 0.29) is 16.3 Å². The summed E-state index contributed by atoms with van der Waals surface area (Å²) < 4.78 is 40.2. The van der Waals surface area contributed by atoms with Gasteiger partial charge in [0.05, 0.1) is 19.4 Å². The summed E-state index contributed by atoms with van der Waals surface area (Å²) in [6, 6.07) is 7.36. The minimum absolute atomic E-state index is 0.228.